The molecule has 0 aliphatic carbocycles. The predicted molar refractivity (Wildman–Crippen MR) is 84.8 cm³/mol. The summed E-state index contributed by atoms with van der Waals surface area (Å²) >= 11 is 0. The van der Waals surface area contributed by atoms with E-state index in [4.69, 9.17) is 10.5 Å². The molecule has 1 atom stereocenters. The van der Waals surface area contributed by atoms with Crippen LogP contribution >= 0.6 is 0 Å². The van der Waals surface area contributed by atoms with E-state index in [0.717, 1.165) is 26.1 Å². The number of nitrogens with two attached hydrogens (primary N) is 1. The fourth-order valence-electron chi connectivity index (χ4n) is 2.62. The first-order valence-electron chi connectivity index (χ1n) is 8.01. The fourth-order valence-corrected chi connectivity index (χ4v) is 2.62. The average Bonchev–Trinajstić information content (AvgIpc) is 2.52. The lowest BCUT2D eigenvalue weighted by molar-refractivity contribution is 0.182. The molecule has 0 saturated carbocycles. The molecular weight excluding hydrogens is 266 g/mol. The van der Waals surface area contributed by atoms with E-state index < -0.39 is 0 Å². The second-order valence-electron chi connectivity index (χ2n) is 5.75. The zero-order valence-electron chi connectivity index (χ0n) is 13.0. The topological polar surface area (TPSA) is 60.5 Å². The maximum atomic E-state index is 12.3. The van der Waals surface area contributed by atoms with Gasteiger partial charge in [0, 0.05) is 25.3 Å². The molecule has 0 bridgehead atoms. The van der Waals surface area contributed by atoms with Crippen LogP contribution in [-0.2, 0) is 6.54 Å². The van der Waals surface area contributed by atoms with E-state index in [1.54, 1.807) is 16.8 Å². The maximum absolute atomic E-state index is 12.3. The van der Waals surface area contributed by atoms with Crippen LogP contribution in [0.2, 0.25) is 0 Å². The van der Waals surface area contributed by atoms with Crippen molar-refractivity contribution in [1.29, 1.82) is 0 Å². The highest BCUT2D eigenvalue weighted by molar-refractivity contribution is 5.17. The Morgan fingerprint density at radius 2 is 2.10 bits per heavy atom. The molecule has 5 nitrogen and oxygen atoms in total. The van der Waals surface area contributed by atoms with Gasteiger partial charge in [0.15, 0.2) is 5.75 Å². The Labute approximate surface area is 126 Å². The normalized spacial score (nSPS) is 17.6. The Hall–Kier alpha value is -1.33. The van der Waals surface area contributed by atoms with E-state index in [1.807, 2.05) is 13.0 Å². The van der Waals surface area contributed by atoms with E-state index in [2.05, 4.69) is 4.90 Å². The zero-order valence-corrected chi connectivity index (χ0v) is 13.0. The number of piperidine rings is 1. The molecule has 0 amide bonds. The summed E-state index contributed by atoms with van der Waals surface area (Å²) in [4.78, 5) is 14.7. The van der Waals surface area contributed by atoms with Crippen molar-refractivity contribution >= 4 is 0 Å². The molecule has 1 saturated heterocycles. The van der Waals surface area contributed by atoms with E-state index in [0.29, 0.717) is 18.9 Å². The molecule has 0 radical (unpaired) electrons. The first-order chi connectivity index (χ1) is 10.2. The van der Waals surface area contributed by atoms with Gasteiger partial charge in [-0.3, -0.25) is 9.69 Å². The van der Waals surface area contributed by atoms with Crippen molar-refractivity contribution in [3.63, 3.8) is 0 Å². The van der Waals surface area contributed by atoms with Crippen molar-refractivity contribution in [2.75, 3.05) is 26.2 Å². The fraction of sp³-hybridized carbons (Fsp3) is 0.688. The molecule has 21 heavy (non-hydrogen) atoms. The van der Waals surface area contributed by atoms with E-state index in [-0.39, 0.29) is 11.6 Å². The van der Waals surface area contributed by atoms with Crippen LogP contribution in [0.1, 0.15) is 32.6 Å². The van der Waals surface area contributed by atoms with Gasteiger partial charge >= 0.3 is 0 Å². The standard InChI is InChI=1S/C16H27N3O2/c1-2-14(17)13-19-10-6-7-15(16(19)20)21-12-11-18-8-4-3-5-9-18/h6-7,10,14H,2-5,8-9,11-13,17H2,1H3. The summed E-state index contributed by atoms with van der Waals surface area (Å²) in [7, 11) is 0. The summed E-state index contributed by atoms with van der Waals surface area (Å²) in [6.45, 7) is 6.32. The van der Waals surface area contributed by atoms with Gasteiger partial charge in [0.05, 0.1) is 0 Å². The molecule has 2 N–H and O–H groups in total. The molecule has 0 aromatic carbocycles. The number of pyridine rings is 1. The van der Waals surface area contributed by atoms with Crippen LogP contribution in [0.15, 0.2) is 23.1 Å². The van der Waals surface area contributed by atoms with Crippen LogP contribution in [0.5, 0.6) is 5.75 Å². The summed E-state index contributed by atoms with van der Waals surface area (Å²) in [5, 5.41) is 0. The average molecular weight is 293 g/mol. The Morgan fingerprint density at radius 3 is 2.81 bits per heavy atom. The maximum Gasteiger partial charge on any atom is 0.292 e. The van der Waals surface area contributed by atoms with Crippen molar-refractivity contribution in [2.24, 2.45) is 5.73 Å². The molecule has 1 unspecified atom stereocenters. The lowest BCUT2D eigenvalue weighted by Crippen LogP contribution is -2.34. The molecule has 1 aromatic rings. The largest absolute Gasteiger partial charge is 0.487 e. The second kappa shape index (κ2) is 8.20. The van der Waals surface area contributed by atoms with Crippen molar-refractivity contribution < 1.29 is 4.74 Å². The second-order valence-corrected chi connectivity index (χ2v) is 5.75. The number of hydrogen-bond acceptors (Lipinski definition) is 4. The summed E-state index contributed by atoms with van der Waals surface area (Å²) < 4.78 is 7.32. The van der Waals surface area contributed by atoms with Crippen LogP contribution in [-0.4, -0.2) is 41.8 Å². The number of aromatic nitrogens is 1. The van der Waals surface area contributed by atoms with Gasteiger partial charge < -0.3 is 15.0 Å². The van der Waals surface area contributed by atoms with Gasteiger partial charge in [0.1, 0.15) is 6.61 Å². The molecule has 118 valence electrons. The third kappa shape index (κ3) is 4.86. The van der Waals surface area contributed by atoms with Gasteiger partial charge in [-0.25, -0.2) is 0 Å². The smallest absolute Gasteiger partial charge is 0.292 e. The van der Waals surface area contributed by atoms with Crippen molar-refractivity contribution in [1.82, 2.24) is 9.47 Å². The highest BCUT2D eigenvalue weighted by atomic mass is 16.5. The predicted octanol–water partition coefficient (Wildman–Crippen LogP) is 1.45. The Balaban J connectivity index is 1.87. The van der Waals surface area contributed by atoms with Crippen molar-refractivity contribution in [2.45, 2.75) is 45.2 Å². The van der Waals surface area contributed by atoms with E-state index in [9.17, 15) is 4.79 Å². The number of ether oxygens (including phenoxy) is 1. The lowest BCUT2D eigenvalue weighted by Gasteiger charge is -2.26. The third-order valence-electron chi connectivity index (χ3n) is 4.05. The van der Waals surface area contributed by atoms with Gasteiger partial charge in [0.25, 0.3) is 5.56 Å². The minimum atomic E-state index is -0.0833. The SMILES string of the molecule is CCC(N)Cn1cccc(OCCN2CCCCC2)c1=O. The Bertz CT molecular complexity index is 481. The van der Waals surface area contributed by atoms with Crippen LogP contribution < -0.4 is 16.0 Å². The summed E-state index contributed by atoms with van der Waals surface area (Å²) in [5.74, 6) is 0.429. The molecule has 0 spiro atoms. The number of rotatable bonds is 7. The van der Waals surface area contributed by atoms with Crippen LogP contribution in [0.4, 0.5) is 0 Å². The van der Waals surface area contributed by atoms with E-state index >= 15 is 0 Å². The minimum Gasteiger partial charge on any atom is -0.487 e. The highest BCUT2D eigenvalue weighted by Crippen LogP contribution is 2.08. The number of nitrogens with zero attached hydrogens (tertiary/aromatic N) is 2. The summed E-state index contributed by atoms with van der Waals surface area (Å²) in [5.41, 5.74) is 5.83. The molecule has 5 heteroatoms. The first-order valence-corrected chi connectivity index (χ1v) is 8.01. The third-order valence-corrected chi connectivity index (χ3v) is 4.05. The molecule has 1 aliphatic rings. The van der Waals surface area contributed by atoms with Gasteiger partial charge in [-0.05, 0) is 44.5 Å². The van der Waals surface area contributed by atoms with Gasteiger partial charge in [-0.15, -0.1) is 0 Å². The monoisotopic (exact) mass is 293 g/mol. The summed E-state index contributed by atoms with van der Waals surface area (Å²) in [6, 6.07) is 3.60. The molecule has 1 aliphatic heterocycles. The first kappa shape index (κ1) is 16.0. The Kier molecular flexibility index (Phi) is 6.26. The van der Waals surface area contributed by atoms with Crippen molar-refractivity contribution in [3.05, 3.63) is 28.7 Å². The van der Waals surface area contributed by atoms with Gasteiger partial charge in [-0.1, -0.05) is 13.3 Å². The van der Waals surface area contributed by atoms with Crippen LogP contribution in [0, 0.1) is 0 Å². The van der Waals surface area contributed by atoms with E-state index in [1.165, 1.54) is 19.3 Å². The molecular formula is C16H27N3O2. The number of hydrogen-bond donors (Lipinski definition) is 1. The van der Waals surface area contributed by atoms with Gasteiger partial charge in [0.2, 0.25) is 0 Å². The molecule has 2 rings (SSSR count). The molecule has 1 aromatic heterocycles. The molecule has 2 heterocycles. The van der Waals surface area contributed by atoms with Crippen LogP contribution in [0.25, 0.3) is 0 Å². The lowest BCUT2D eigenvalue weighted by atomic mass is 10.1. The quantitative estimate of drug-likeness (QED) is 0.826. The summed E-state index contributed by atoms with van der Waals surface area (Å²) in [6.07, 6.45) is 6.50. The molecule has 1 fully saturated rings. The van der Waals surface area contributed by atoms with Crippen LogP contribution in [0.3, 0.4) is 0 Å². The highest BCUT2D eigenvalue weighted by Gasteiger charge is 2.11. The Morgan fingerprint density at radius 1 is 1.33 bits per heavy atom. The van der Waals surface area contributed by atoms with Crippen molar-refractivity contribution in [3.8, 4) is 5.75 Å². The minimum absolute atomic E-state index is 0.00583. The zero-order chi connectivity index (χ0) is 15.1. The number of likely N-dealkylation sites (tertiary alicyclic amines) is 1. The van der Waals surface area contributed by atoms with Gasteiger partial charge in [-0.2, -0.15) is 0 Å².